The number of halogens is 1. The molecule has 1 heterocycles. The van der Waals surface area contributed by atoms with Crippen LogP contribution in [0.25, 0.3) is 10.8 Å². The number of hydrogen-bond donors (Lipinski definition) is 4. The van der Waals surface area contributed by atoms with Crippen LogP contribution in [0, 0.1) is 0 Å². The maximum absolute atomic E-state index is 13.1. The van der Waals surface area contributed by atoms with Crippen molar-refractivity contribution in [3.05, 3.63) is 100 Å². The van der Waals surface area contributed by atoms with E-state index in [9.17, 15) is 14.7 Å². The number of carbonyl (C=O) groups is 2. The highest BCUT2D eigenvalue weighted by Crippen LogP contribution is 2.25. The number of rotatable bonds is 7. The Morgan fingerprint density at radius 2 is 1.72 bits per heavy atom. The highest BCUT2D eigenvalue weighted by atomic mass is 79.9. The van der Waals surface area contributed by atoms with Gasteiger partial charge in [-0.25, -0.2) is 4.98 Å². The van der Waals surface area contributed by atoms with Crippen LogP contribution in [-0.4, -0.2) is 28.0 Å². The third kappa shape index (κ3) is 5.72. The van der Waals surface area contributed by atoms with Gasteiger partial charge in [-0.15, -0.1) is 0 Å². The van der Waals surface area contributed by atoms with Crippen molar-refractivity contribution in [3.8, 4) is 0 Å². The zero-order valence-electron chi connectivity index (χ0n) is 19.9. The molecule has 0 saturated heterocycles. The second kappa shape index (κ2) is 10.9. The summed E-state index contributed by atoms with van der Waals surface area (Å²) in [5.41, 5.74) is 8.52. The van der Waals surface area contributed by atoms with Crippen LogP contribution in [0.1, 0.15) is 47.3 Å². The number of anilines is 2. The van der Waals surface area contributed by atoms with Crippen molar-refractivity contribution in [2.45, 2.75) is 31.9 Å². The van der Waals surface area contributed by atoms with Gasteiger partial charge in [0.05, 0.1) is 6.04 Å². The first-order valence-electron chi connectivity index (χ1n) is 11.5. The van der Waals surface area contributed by atoms with Gasteiger partial charge in [-0.2, -0.15) is 0 Å². The lowest BCUT2D eigenvalue weighted by Crippen LogP contribution is -2.42. The van der Waals surface area contributed by atoms with E-state index in [1.165, 1.54) is 0 Å². The molecule has 4 rings (SSSR count). The molecule has 0 bridgehead atoms. The van der Waals surface area contributed by atoms with Crippen molar-refractivity contribution in [1.29, 1.82) is 0 Å². The van der Waals surface area contributed by atoms with Crippen molar-refractivity contribution in [3.63, 3.8) is 0 Å². The van der Waals surface area contributed by atoms with E-state index < -0.39 is 24.0 Å². The summed E-state index contributed by atoms with van der Waals surface area (Å²) >= 11 is 3.42. The SMILES string of the molecule is CC(C)c1ccc(C(=O)NC(c2cccc(Br)c2)C(O)C(=O)Nc2ccc3c(N)nccc3c2)cc1. The number of nitrogen functional groups attached to an aromatic ring is 1. The second-order valence-electron chi connectivity index (χ2n) is 8.85. The molecule has 8 heteroatoms. The van der Waals surface area contributed by atoms with Crippen LogP contribution >= 0.6 is 15.9 Å². The molecule has 0 saturated carbocycles. The molecule has 0 spiro atoms. The molecule has 0 radical (unpaired) electrons. The van der Waals surface area contributed by atoms with Crippen LogP contribution in [-0.2, 0) is 4.79 Å². The largest absolute Gasteiger partial charge is 0.383 e. The maximum Gasteiger partial charge on any atom is 0.255 e. The summed E-state index contributed by atoms with van der Waals surface area (Å²) in [6.45, 7) is 4.16. The number of aliphatic hydroxyl groups is 1. The van der Waals surface area contributed by atoms with Crippen molar-refractivity contribution >= 4 is 50.0 Å². The van der Waals surface area contributed by atoms with E-state index in [4.69, 9.17) is 5.73 Å². The van der Waals surface area contributed by atoms with Gasteiger partial charge in [0.15, 0.2) is 6.10 Å². The van der Waals surface area contributed by atoms with E-state index in [1.54, 1.807) is 60.8 Å². The number of carbonyl (C=O) groups excluding carboxylic acids is 2. The molecule has 2 atom stereocenters. The molecule has 2 unspecified atom stereocenters. The average Bonchev–Trinajstić information content (AvgIpc) is 2.87. The number of hydrogen-bond acceptors (Lipinski definition) is 5. The Hall–Kier alpha value is -3.75. The zero-order chi connectivity index (χ0) is 25.8. The van der Waals surface area contributed by atoms with E-state index in [1.807, 2.05) is 18.2 Å². The van der Waals surface area contributed by atoms with Crippen molar-refractivity contribution in [2.24, 2.45) is 0 Å². The van der Waals surface area contributed by atoms with Crippen molar-refractivity contribution in [2.75, 3.05) is 11.1 Å². The third-order valence-electron chi connectivity index (χ3n) is 5.98. The number of pyridine rings is 1. The molecule has 1 aromatic heterocycles. The predicted octanol–water partition coefficient (Wildman–Crippen LogP) is 5.17. The van der Waals surface area contributed by atoms with Crippen LogP contribution < -0.4 is 16.4 Å². The lowest BCUT2D eigenvalue weighted by molar-refractivity contribution is -0.125. The normalized spacial score (nSPS) is 12.8. The molecule has 4 aromatic rings. The minimum atomic E-state index is -1.56. The molecule has 5 N–H and O–H groups in total. The highest BCUT2D eigenvalue weighted by molar-refractivity contribution is 9.10. The standard InChI is InChI=1S/C28H27BrN4O3/c1-16(2)17-6-8-18(9-7-17)27(35)33-24(20-4-3-5-21(29)14-20)25(34)28(36)32-22-10-11-23-19(15-22)12-13-31-26(23)30/h3-16,24-25,34H,1-2H3,(H2,30,31)(H,32,36)(H,33,35). The number of aromatic nitrogens is 1. The summed E-state index contributed by atoms with van der Waals surface area (Å²) in [6, 6.07) is 20.4. The van der Waals surface area contributed by atoms with E-state index in [0.29, 0.717) is 28.6 Å². The van der Waals surface area contributed by atoms with E-state index >= 15 is 0 Å². The van der Waals surface area contributed by atoms with Gasteiger partial charge in [-0.3, -0.25) is 9.59 Å². The Labute approximate surface area is 217 Å². The molecule has 2 amide bonds. The predicted molar refractivity (Wildman–Crippen MR) is 146 cm³/mol. The van der Waals surface area contributed by atoms with Gasteiger partial charge in [0.2, 0.25) is 0 Å². The Morgan fingerprint density at radius 3 is 2.42 bits per heavy atom. The fourth-order valence-corrected chi connectivity index (χ4v) is 4.35. The monoisotopic (exact) mass is 546 g/mol. The van der Waals surface area contributed by atoms with E-state index in [2.05, 4.69) is 45.4 Å². The summed E-state index contributed by atoms with van der Waals surface area (Å²) in [7, 11) is 0. The fourth-order valence-electron chi connectivity index (χ4n) is 3.94. The Balaban J connectivity index is 1.58. The number of fused-ring (bicyclic) bond motifs is 1. The number of aliphatic hydroxyl groups excluding tert-OH is 1. The smallest absolute Gasteiger partial charge is 0.255 e. The van der Waals surface area contributed by atoms with Crippen LogP contribution in [0.15, 0.2) is 83.5 Å². The molecule has 184 valence electrons. The topological polar surface area (TPSA) is 117 Å². The summed E-state index contributed by atoms with van der Waals surface area (Å²) in [6.07, 6.45) is 0.0290. The van der Waals surface area contributed by atoms with Gasteiger partial charge in [0.25, 0.3) is 11.8 Å². The van der Waals surface area contributed by atoms with Crippen LogP contribution in [0.4, 0.5) is 11.5 Å². The van der Waals surface area contributed by atoms with E-state index in [0.717, 1.165) is 20.8 Å². The van der Waals surface area contributed by atoms with Crippen molar-refractivity contribution < 1.29 is 14.7 Å². The minimum absolute atomic E-state index is 0.338. The lowest BCUT2D eigenvalue weighted by atomic mass is 9.99. The summed E-state index contributed by atoms with van der Waals surface area (Å²) in [5.74, 6) is -0.318. The first-order chi connectivity index (χ1) is 17.2. The molecule has 0 aliphatic heterocycles. The lowest BCUT2D eigenvalue weighted by Gasteiger charge is -2.24. The number of amides is 2. The number of nitrogens with zero attached hydrogens (tertiary/aromatic N) is 1. The molecular formula is C28H27BrN4O3. The molecule has 7 nitrogen and oxygen atoms in total. The first kappa shape index (κ1) is 25.3. The number of nitrogens with one attached hydrogen (secondary N) is 2. The van der Waals surface area contributed by atoms with Gasteiger partial charge >= 0.3 is 0 Å². The summed E-state index contributed by atoms with van der Waals surface area (Å²) < 4.78 is 0.758. The number of benzene rings is 3. The van der Waals surface area contributed by atoms with Gasteiger partial charge < -0.3 is 21.5 Å². The van der Waals surface area contributed by atoms with Gasteiger partial charge in [0.1, 0.15) is 5.82 Å². The Bertz CT molecular complexity index is 1410. The molecule has 3 aromatic carbocycles. The molecule has 0 aliphatic rings. The molecule has 36 heavy (non-hydrogen) atoms. The van der Waals surface area contributed by atoms with Crippen LogP contribution in [0.5, 0.6) is 0 Å². The van der Waals surface area contributed by atoms with Crippen LogP contribution in [0.3, 0.4) is 0 Å². The second-order valence-corrected chi connectivity index (χ2v) is 9.76. The molecular weight excluding hydrogens is 520 g/mol. The Morgan fingerprint density at radius 1 is 0.972 bits per heavy atom. The van der Waals surface area contributed by atoms with Gasteiger partial charge in [-0.1, -0.05) is 54.0 Å². The Kier molecular flexibility index (Phi) is 7.67. The quantitative estimate of drug-likeness (QED) is 0.255. The first-order valence-corrected chi connectivity index (χ1v) is 12.3. The maximum atomic E-state index is 13.1. The summed E-state index contributed by atoms with van der Waals surface area (Å²) in [5, 5.41) is 18.2. The minimum Gasteiger partial charge on any atom is -0.383 e. The van der Waals surface area contributed by atoms with Gasteiger partial charge in [-0.05, 0) is 71.0 Å². The van der Waals surface area contributed by atoms with Crippen LogP contribution in [0.2, 0.25) is 0 Å². The average molecular weight is 547 g/mol. The van der Waals surface area contributed by atoms with Gasteiger partial charge in [0, 0.05) is 27.3 Å². The fraction of sp³-hybridized carbons (Fsp3) is 0.179. The summed E-state index contributed by atoms with van der Waals surface area (Å²) in [4.78, 5) is 30.2. The zero-order valence-corrected chi connectivity index (χ0v) is 21.5. The third-order valence-corrected chi connectivity index (χ3v) is 6.47. The highest BCUT2D eigenvalue weighted by Gasteiger charge is 2.30. The number of nitrogens with two attached hydrogens (primary N) is 1. The van der Waals surface area contributed by atoms with E-state index in [-0.39, 0.29) is 0 Å². The molecule has 0 aliphatic carbocycles. The van der Waals surface area contributed by atoms with Crippen molar-refractivity contribution in [1.82, 2.24) is 10.3 Å². The molecule has 0 fully saturated rings.